The van der Waals surface area contributed by atoms with Gasteiger partial charge in [0.25, 0.3) is 5.56 Å². The summed E-state index contributed by atoms with van der Waals surface area (Å²) in [6.07, 6.45) is -0.877. The lowest BCUT2D eigenvalue weighted by Gasteiger charge is -2.04. The van der Waals surface area contributed by atoms with E-state index >= 15 is 0 Å². The number of carbonyl (C=O) groups is 1. The van der Waals surface area contributed by atoms with Crippen LogP contribution in [-0.2, 0) is 20.9 Å². The van der Waals surface area contributed by atoms with E-state index in [0.29, 0.717) is 11.1 Å². The molecule has 106 valence electrons. The van der Waals surface area contributed by atoms with Crippen LogP contribution in [-0.4, -0.2) is 32.9 Å². The van der Waals surface area contributed by atoms with Crippen LogP contribution in [0.5, 0.6) is 0 Å². The summed E-state index contributed by atoms with van der Waals surface area (Å²) in [4.78, 5) is 23.1. The molecule has 0 aliphatic rings. The third-order valence-corrected chi connectivity index (χ3v) is 2.78. The minimum absolute atomic E-state index is 0.0491. The SMILES string of the molecule is Cc1c2c(=O)[nH]nc(NC(=O)OCOP=O)c2nn1C. The summed E-state index contributed by atoms with van der Waals surface area (Å²) in [7, 11) is 1.07. The maximum Gasteiger partial charge on any atom is 0.415 e. The Morgan fingerprint density at radius 3 is 3.00 bits per heavy atom. The highest BCUT2D eigenvalue weighted by molar-refractivity contribution is 7.17. The van der Waals surface area contributed by atoms with Crippen molar-refractivity contribution in [1.82, 2.24) is 20.0 Å². The van der Waals surface area contributed by atoms with Gasteiger partial charge < -0.3 is 4.74 Å². The van der Waals surface area contributed by atoms with Crippen LogP contribution in [0.4, 0.5) is 10.6 Å². The highest BCUT2D eigenvalue weighted by atomic mass is 31.1. The predicted molar refractivity (Wildman–Crippen MR) is 67.5 cm³/mol. The zero-order valence-electron chi connectivity index (χ0n) is 10.5. The molecule has 0 saturated heterocycles. The van der Waals surface area contributed by atoms with E-state index in [1.165, 1.54) is 4.68 Å². The van der Waals surface area contributed by atoms with E-state index in [4.69, 9.17) is 0 Å². The number of nitrogens with zero attached hydrogens (tertiary/aromatic N) is 3. The van der Waals surface area contributed by atoms with Gasteiger partial charge in [0.2, 0.25) is 6.79 Å². The molecular weight excluding hydrogens is 289 g/mol. The number of amides is 1. The summed E-state index contributed by atoms with van der Waals surface area (Å²) in [6.45, 7) is 1.23. The third kappa shape index (κ3) is 2.65. The lowest BCUT2D eigenvalue weighted by Crippen LogP contribution is -2.18. The van der Waals surface area contributed by atoms with E-state index in [-0.39, 0.29) is 11.3 Å². The molecule has 0 unspecified atom stereocenters. The molecule has 0 atom stereocenters. The van der Waals surface area contributed by atoms with Gasteiger partial charge in [0, 0.05) is 12.7 Å². The smallest absolute Gasteiger partial charge is 0.415 e. The summed E-state index contributed by atoms with van der Waals surface area (Å²) < 4.78 is 20.4. The first-order valence-corrected chi connectivity index (χ1v) is 6.08. The molecule has 0 radical (unpaired) electrons. The Bertz CT molecular complexity index is 723. The number of H-pyrrole nitrogens is 1. The van der Waals surface area contributed by atoms with Crippen molar-refractivity contribution in [3.05, 3.63) is 16.0 Å². The molecule has 0 aliphatic heterocycles. The van der Waals surface area contributed by atoms with Crippen molar-refractivity contribution in [3.63, 3.8) is 0 Å². The molecule has 0 aliphatic carbocycles. The van der Waals surface area contributed by atoms with Crippen LogP contribution >= 0.6 is 8.69 Å². The number of fused-ring (bicyclic) bond motifs is 1. The molecule has 2 N–H and O–H groups in total. The van der Waals surface area contributed by atoms with E-state index in [1.807, 2.05) is 0 Å². The highest BCUT2D eigenvalue weighted by Crippen LogP contribution is 2.18. The number of aryl methyl sites for hydroxylation is 2. The van der Waals surface area contributed by atoms with Gasteiger partial charge >= 0.3 is 14.8 Å². The Labute approximate surface area is 113 Å². The second kappa shape index (κ2) is 5.76. The average Bonchev–Trinajstić information content (AvgIpc) is 2.71. The molecule has 1 amide bonds. The van der Waals surface area contributed by atoms with Crippen LogP contribution in [0.25, 0.3) is 10.9 Å². The van der Waals surface area contributed by atoms with Crippen molar-refractivity contribution in [3.8, 4) is 0 Å². The summed E-state index contributed by atoms with van der Waals surface area (Å²) in [6, 6.07) is 0. The van der Waals surface area contributed by atoms with Crippen molar-refractivity contribution in [1.29, 1.82) is 0 Å². The lowest BCUT2D eigenvalue weighted by atomic mass is 10.3. The largest absolute Gasteiger partial charge is 0.421 e. The van der Waals surface area contributed by atoms with Gasteiger partial charge in [0.05, 0.1) is 5.39 Å². The molecule has 2 aromatic rings. The Morgan fingerprint density at radius 1 is 1.55 bits per heavy atom. The Balaban J connectivity index is 2.29. The van der Waals surface area contributed by atoms with Gasteiger partial charge in [-0.25, -0.2) is 14.5 Å². The topological polar surface area (TPSA) is 128 Å². The highest BCUT2D eigenvalue weighted by Gasteiger charge is 2.16. The van der Waals surface area contributed by atoms with Crippen molar-refractivity contribution in [2.45, 2.75) is 6.92 Å². The zero-order valence-corrected chi connectivity index (χ0v) is 11.4. The van der Waals surface area contributed by atoms with Gasteiger partial charge in [-0.15, -0.1) is 0 Å². The number of ether oxygens (including phenoxy) is 1. The molecule has 2 heterocycles. The lowest BCUT2D eigenvalue weighted by molar-refractivity contribution is 0.0773. The number of anilines is 1. The van der Waals surface area contributed by atoms with Crippen LogP contribution in [0.1, 0.15) is 5.69 Å². The number of hydrogen-bond donors (Lipinski definition) is 2. The van der Waals surface area contributed by atoms with Crippen LogP contribution in [0.2, 0.25) is 0 Å². The maximum atomic E-state index is 11.7. The van der Waals surface area contributed by atoms with E-state index in [1.54, 1.807) is 14.0 Å². The molecule has 2 rings (SSSR count). The minimum atomic E-state index is -0.877. The molecule has 20 heavy (non-hydrogen) atoms. The fourth-order valence-electron chi connectivity index (χ4n) is 1.58. The zero-order chi connectivity index (χ0) is 14.7. The van der Waals surface area contributed by atoms with Gasteiger partial charge in [-0.05, 0) is 6.92 Å². The maximum absolute atomic E-state index is 11.7. The number of rotatable bonds is 4. The molecule has 0 saturated carbocycles. The van der Waals surface area contributed by atoms with Crippen molar-refractivity contribution in [2.75, 3.05) is 12.1 Å². The summed E-state index contributed by atoms with van der Waals surface area (Å²) in [5.41, 5.74) is 0.472. The van der Waals surface area contributed by atoms with Crippen molar-refractivity contribution < 1.29 is 18.6 Å². The average molecular weight is 299 g/mol. The number of carbonyl (C=O) groups excluding carboxylic acids is 1. The Kier molecular flexibility index (Phi) is 4.06. The second-order valence-corrected chi connectivity index (χ2v) is 4.12. The Hall–Kier alpha value is -2.32. The van der Waals surface area contributed by atoms with Crippen molar-refractivity contribution in [2.24, 2.45) is 7.05 Å². The van der Waals surface area contributed by atoms with Crippen LogP contribution in [0, 0.1) is 6.92 Å². The standard InChI is InChI=1S/C9H10N5O5P/c1-4-5-6(13-14(4)2)7(11-12-8(5)15)10-9(16)18-3-19-20-17/h3H2,1-2H3,(H,12,15)(H,10,11,16). The normalized spacial score (nSPS) is 10.9. The van der Waals surface area contributed by atoms with E-state index < -0.39 is 27.1 Å². The summed E-state index contributed by atoms with van der Waals surface area (Å²) in [5, 5.41) is 12.7. The molecular formula is C9H10N5O5P. The second-order valence-electron chi connectivity index (χ2n) is 3.71. The van der Waals surface area contributed by atoms with Gasteiger partial charge in [-0.1, -0.05) is 0 Å². The molecule has 0 spiro atoms. The van der Waals surface area contributed by atoms with Crippen LogP contribution in [0.15, 0.2) is 4.79 Å². The number of aromatic amines is 1. The van der Waals surface area contributed by atoms with Gasteiger partial charge in [0.15, 0.2) is 5.82 Å². The van der Waals surface area contributed by atoms with Gasteiger partial charge in [0.1, 0.15) is 5.52 Å². The molecule has 11 heteroatoms. The third-order valence-electron chi connectivity index (χ3n) is 2.57. The first-order chi connectivity index (χ1) is 9.54. The first-order valence-electron chi connectivity index (χ1n) is 5.35. The van der Waals surface area contributed by atoms with Crippen LogP contribution in [0.3, 0.4) is 0 Å². The Morgan fingerprint density at radius 2 is 2.30 bits per heavy atom. The van der Waals surface area contributed by atoms with E-state index in [9.17, 15) is 14.2 Å². The first kappa shape index (κ1) is 14.1. The fourth-order valence-corrected chi connectivity index (χ4v) is 1.68. The predicted octanol–water partition coefficient (Wildman–Crippen LogP) is 0.694. The van der Waals surface area contributed by atoms with Crippen molar-refractivity contribution >= 4 is 31.5 Å². The number of hydrogen-bond acceptors (Lipinski definition) is 7. The minimum Gasteiger partial charge on any atom is -0.421 e. The number of nitrogens with one attached hydrogen (secondary N) is 2. The number of aromatic nitrogens is 4. The molecule has 2 aromatic heterocycles. The van der Waals surface area contributed by atoms with Gasteiger partial charge in [-0.3, -0.25) is 19.3 Å². The fraction of sp³-hybridized carbons (Fsp3) is 0.333. The molecule has 10 nitrogen and oxygen atoms in total. The van der Waals surface area contributed by atoms with E-state index in [2.05, 4.69) is 29.9 Å². The molecule has 0 fully saturated rings. The molecule has 0 aromatic carbocycles. The quantitative estimate of drug-likeness (QED) is 0.483. The van der Waals surface area contributed by atoms with Crippen LogP contribution < -0.4 is 10.9 Å². The summed E-state index contributed by atoms with van der Waals surface area (Å²) in [5.74, 6) is 0.0491. The van der Waals surface area contributed by atoms with Gasteiger partial charge in [-0.2, -0.15) is 10.2 Å². The van der Waals surface area contributed by atoms with E-state index in [0.717, 1.165) is 0 Å². The summed E-state index contributed by atoms with van der Waals surface area (Å²) >= 11 is 0. The molecule has 0 bridgehead atoms. The monoisotopic (exact) mass is 299 g/mol.